The highest BCUT2D eigenvalue weighted by molar-refractivity contribution is 5.91. The van der Waals surface area contributed by atoms with Gasteiger partial charge in [0, 0.05) is 43.8 Å². The third kappa shape index (κ3) is 5.92. The van der Waals surface area contributed by atoms with Crippen LogP contribution in [0.25, 0.3) is 10.9 Å². The Hall–Kier alpha value is -3.59. The fourth-order valence-corrected chi connectivity index (χ4v) is 3.90. The van der Waals surface area contributed by atoms with Gasteiger partial charge in [-0.25, -0.2) is 4.98 Å². The minimum atomic E-state index is -4.37. The Kier molecular flexibility index (Phi) is 7.25. The SMILES string of the molecule is CCN(C)C(=O)c1coc(CN(CCc2c[nH]c3ccccc23)Cc2ccc(C(F)(F)F)cc2)n1. The first-order valence-corrected chi connectivity index (χ1v) is 11.4. The van der Waals surface area contributed by atoms with Crippen molar-refractivity contribution in [3.63, 3.8) is 0 Å². The van der Waals surface area contributed by atoms with Crippen molar-refractivity contribution in [2.24, 2.45) is 0 Å². The van der Waals surface area contributed by atoms with Crippen LogP contribution in [0, 0.1) is 0 Å². The Bertz CT molecular complexity index is 1280. The molecule has 0 bridgehead atoms. The average Bonchev–Trinajstić information content (AvgIpc) is 3.48. The van der Waals surface area contributed by atoms with E-state index in [0.29, 0.717) is 32.1 Å². The smallest absolute Gasteiger partial charge is 0.416 e. The second kappa shape index (κ2) is 10.4. The average molecular weight is 485 g/mol. The molecule has 35 heavy (non-hydrogen) atoms. The number of H-pyrrole nitrogens is 1. The number of fused-ring (bicyclic) bond motifs is 1. The number of hydrogen-bond donors (Lipinski definition) is 1. The summed E-state index contributed by atoms with van der Waals surface area (Å²) in [7, 11) is 1.69. The van der Waals surface area contributed by atoms with Crippen molar-refractivity contribution in [2.45, 2.75) is 32.6 Å². The van der Waals surface area contributed by atoms with E-state index in [-0.39, 0.29) is 11.6 Å². The van der Waals surface area contributed by atoms with E-state index in [4.69, 9.17) is 4.42 Å². The molecule has 0 aliphatic rings. The summed E-state index contributed by atoms with van der Waals surface area (Å²) in [6, 6.07) is 13.2. The number of rotatable bonds is 9. The van der Waals surface area contributed by atoms with E-state index in [0.717, 1.165) is 40.6 Å². The molecule has 0 unspecified atom stereocenters. The molecule has 2 aromatic carbocycles. The molecule has 2 aromatic heterocycles. The highest BCUT2D eigenvalue weighted by atomic mass is 19.4. The molecule has 0 fully saturated rings. The molecular formula is C26H27F3N4O2. The quantitative estimate of drug-likeness (QED) is 0.340. The van der Waals surface area contributed by atoms with Gasteiger partial charge in [-0.3, -0.25) is 9.69 Å². The number of aromatic nitrogens is 2. The number of benzene rings is 2. The summed E-state index contributed by atoms with van der Waals surface area (Å²) < 4.78 is 44.4. The molecule has 0 aliphatic heterocycles. The van der Waals surface area contributed by atoms with E-state index in [1.807, 2.05) is 36.2 Å². The number of alkyl halides is 3. The first-order valence-electron chi connectivity index (χ1n) is 11.4. The molecule has 0 saturated heterocycles. The maximum absolute atomic E-state index is 13.0. The van der Waals surface area contributed by atoms with Gasteiger partial charge in [0.1, 0.15) is 6.26 Å². The van der Waals surface area contributed by atoms with Gasteiger partial charge in [-0.1, -0.05) is 30.3 Å². The van der Waals surface area contributed by atoms with Crippen LogP contribution in [0.3, 0.4) is 0 Å². The van der Waals surface area contributed by atoms with Crippen LogP contribution in [-0.2, 0) is 25.7 Å². The van der Waals surface area contributed by atoms with Crippen LogP contribution in [0.15, 0.2) is 65.4 Å². The van der Waals surface area contributed by atoms with Crippen LogP contribution in [0.1, 0.15) is 40.0 Å². The van der Waals surface area contributed by atoms with Crippen molar-refractivity contribution in [3.8, 4) is 0 Å². The van der Waals surface area contributed by atoms with Gasteiger partial charge in [0.2, 0.25) is 5.89 Å². The van der Waals surface area contributed by atoms with Crippen molar-refractivity contribution in [1.29, 1.82) is 0 Å². The number of hydrogen-bond acceptors (Lipinski definition) is 4. The summed E-state index contributed by atoms with van der Waals surface area (Å²) in [5.74, 6) is 0.152. The summed E-state index contributed by atoms with van der Waals surface area (Å²) >= 11 is 0. The van der Waals surface area contributed by atoms with Gasteiger partial charge in [0.05, 0.1) is 12.1 Å². The lowest BCUT2D eigenvalue weighted by Gasteiger charge is -2.21. The van der Waals surface area contributed by atoms with E-state index < -0.39 is 11.7 Å². The molecule has 2 heterocycles. The number of amides is 1. The van der Waals surface area contributed by atoms with Gasteiger partial charge in [0.15, 0.2) is 5.69 Å². The topological polar surface area (TPSA) is 65.4 Å². The summed E-state index contributed by atoms with van der Waals surface area (Å²) in [6.07, 6.45) is -0.334. The maximum Gasteiger partial charge on any atom is 0.416 e. The van der Waals surface area contributed by atoms with Crippen LogP contribution < -0.4 is 0 Å². The number of carbonyl (C=O) groups is 1. The number of nitrogens with zero attached hydrogens (tertiary/aromatic N) is 3. The molecule has 6 nitrogen and oxygen atoms in total. The zero-order valence-corrected chi connectivity index (χ0v) is 19.6. The van der Waals surface area contributed by atoms with Crippen LogP contribution >= 0.6 is 0 Å². The molecule has 0 spiro atoms. The van der Waals surface area contributed by atoms with Gasteiger partial charge >= 0.3 is 6.18 Å². The number of nitrogens with one attached hydrogen (secondary N) is 1. The fourth-order valence-electron chi connectivity index (χ4n) is 3.90. The van der Waals surface area contributed by atoms with E-state index >= 15 is 0 Å². The first kappa shape index (κ1) is 24.5. The Labute approximate surface area is 201 Å². The van der Waals surface area contributed by atoms with Crippen molar-refractivity contribution in [1.82, 2.24) is 19.8 Å². The van der Waals surface area contributed by atoms with E-state index in [2.05, 4.69) is 16.0 Å². The number of para-hydroxylation sites is 1. The summed E-state index contributed by atoms with van der Waals surface area (Å²) in [4.78, 5) is 23.6. The Balaban J connectivity index is 1.52. The molecule has 1 amide bonds. The Morgan fingerprint density at radius 3 is 2.54 bits per heavy atom. The third-order valence-electron chi connectivity index (χ3n) is 6.01. The Morgan fingerprint density at radius 2 is 1.83 bits per heavy atom. The highest BCUT2D eigenvalue weighted by Gasteiger charge is 2.30. The van der Waals surface area contributed by atoms with Gasteiger partial charge in [-0.15, -0.1) is 0 Å². The molecule has 9 heteroatoms. The lowest BCUT2D eigenvalue weighted by atomic mass is 10.1. The minimum absolute atomic E-state index is 0.226. The number of aromatic amines is 1. The third-order valence-corrected chi connectivity index (χ3v) is 6.01. The molecule has 4 rings (SSSR count). The van der Waals surface area contributed by atoms with Gasteiger partial charge < -0.3 is 14.3 Å². The van der Waals surface area contributed by atoms with E-state index in [1.54, 1.807) is 11.9 Å². The monoisotopic (exact) mass is 484 g/mol. The summed E-state index contributed by atoms with van der Waals surface area (Å²) in [5, 5.41) is 1.13. The second-order valence-electron chi connectivity index (χ2n) is 8.46. The van der Waals surface area contributed by atoms with Crippen molar-refractivity contribution < 1.29 is 22.4 Å². The summed E-state index contributed by atoms with van der Waals surface area (Å²) in [6.45, 7) is 3.75. The van der Waals surface area contributed by atoms with E-state index in [9.17, 15) is 18.0 Å². The number of oxazole rings is 1. The lowest BCUT2D eigenvalue weighted by Crippen LogP contribution is -2.27. The summed E-state index contributed by atoms with van der Waals surface area (Å²) in [5.41, 5.74) is 2.49. The van der Waals surface area contributed by atoms with Gasteiger partial charge in [-0.05, 0) is 42.7 Å². The fraction of sp³-hybridized carbons (Fsp3) is 0.308. The normalized spacial score (nSPS) is 11.9. The molecule has 4 aromatic rings. The number of carbonyl (C=O) groups excluding carboxylic acids is 1. The predicted molar refractivity (Wildman–Crippen MR) is 127 cm³/mol. The molecule has 1 N–H and O–H groups in total. The highest BCUT2D eigenvalue weighted by Crippen LogP contribution is 2.29. The molecule has 0 saturated carbocycles. The zero-order valence-electron chi connectivity index (χ0n) is 19.6. The van der Waals surface area contributed by atoms with Crippen molar-refractivity contribution in [2.75, 3.05) is 20.1 Å². The van der Waals surface area contributed by atoms with Crippen LogP contribution in [0.5, 0.6) is 0 Å². The predicted octanol–water partition coefficient (Wildman–Crippen LogP) is 5.51. The van der Waals surface area contributed by atoms with E-state index in [1.165, 1.54) is 18.4 Å². The zero-order chi connectivity index (χ0) is 25.0. The van der Waals surface area contributed by atoms with Crippen molar-refractivity contribution >= 4 is 16.8 Å². The molecular weight excluding hydrogens is 457 g/mol. The van der Waals surface area contributed by atoms with Crippen LogP contribution in [0.4, 0.5) is 13.2 Å². The van der Waals surface area contributed by atoms with Crippen molar-refractivity contribution in [3.05, 3.63) is 89.3 Å². The van der Waals surface area contributed by atoms with Gasteiger partial charge in [-0.2, -0.15) is 13.2 Å². The lowest BCUT2D eigenvalue weighted by molar-refractivity contribution is -0.137. The molecule has 0 aliphatic carbocycles. The minimum Gasteiger partial charge on any atom is -0.447 e. The second-order valence-corrected chi connectivity index (χ2v) is 8.46. The maximum atomic E-state index is 13.0. The molecule has 0 radical (unpaired) electrons. The number of halogens is 3. The van der Waals surface area contributed by atoms with Crippen LogP contribution in [0.2, 0.25) is 0 Å². The standard InChI is InChI=1S/C26H27F3N4O2/c1-3-32(2)25(34)23-17-35-24(31-23)16-33(15-18-8-10-20(11-9-18)26(27,28)29)13-12-19-14-30-22-7-5-4-6-21(19)22/h4-11,14,17,30H,3,12-13,15-16H2,1-2H3. The molecule has 184 valence electrons. The first-order chi connectivity index (χ1) is 16.7. The van der Waals surface area contributed by atoms with Gasteiger partial charge in [0.25, 0.3) is 5.91 Å². The van der Waals surface area contributed by atoms with Crippen LogP contribution in [-0.4, -0.2) is 45.8 Å². The largest absolute Gasteiger partial charge is 0.447 e. The molecule has 0 atom stereocenters. The Morgan fingerprint density at radius 1 is 1.09 bits per heavy atom.